The fraction of sp³-hybridized carbons (Fsp3) is 0. The van der Waals surface area contributed by atoms with Crippen LogP contribution in [0.3, 0.4) is 0 Å². The topological polar surface area (TPSA) is 86.2 Å². The Balaban J connectivity index is 1.89. The molecule has 2 aromatic heterocycles. The zero-order chi connectivity index (χ0) is 20.0. The zero-order valence-electron chi connectivity index (χ0n) is 15.3. The number of aromatic amines is 1. The van der Waals surface area contributed by atoms with Gasteiger partial charge < -0.3 is 14.8 Å². The summed E-state index contributed by atoms with van der Waals surface area (Å²) in [5, 5.41) is 2.98. The van der Waals surface area contributed by atoms with Gasteiger partial charge in [-0.25, -0.2) is 4.98 Å². The number of fused-ring (bicyclic) bond motifs is 2. The Bertz CT molecular complexity index is 1400. The molecule has 5 rings (SSSR count). The number of H-pyrrole nitrogens is 1. The van der Waals surface area contributed by atoms with E-state index in [4.69, 9.17) is 0 Å². The van der Waals surface area contributed by atoms with Crippen molar-refractivity contribution in [2.45, 2.75) is 0 Å². The van der Waals surface area contributed by atoms with E-state index in [1.165, 1.54) is 6.07 Å². The van der Waals surface area contributed by atoms with Crippen LogP contribution in [-0.4, -0.2) is 19.8 Å². The minimum atomic E-state index is -4.46. The summed E-state index contributed by atoms with van der Waals surface area (Å²) in [6.45, 7) is 0. The first-order valence-electron chi connectivity index (χ1n) is 9.13. The quantitative estimate of drug-likeness (QED) is 0.378. The fourth-order valence-electron chi connectivity index (χ4n) is 3.72. The SMILES string of the molecule is O=P(O)(O)c1ccc2cc(-c3cc[nH]c3)cc(-c3cccc4ccccc34)c2n1. The van der Waals surface area contributed by atoms with E-state index in [9.17, 15) is 14.4 Å². The number of hydrogen-bond donors (Lipinski definition) is 3. The van der Waals surface area contributed by atoms with E-state index in [1.807, 2.05) is 73.1 Å². The Hall–Kier alpha value is -3.24. The maximum Gasteiger partial charge on any atom is 0.374 e. The van der Waals surface area contributed by atoms with Crippen molar-refractivity contribution in [3.8, 4) is 22.3 Å². The van der Waals surface area contributed by atoms with E-state index in [0.717, 1.165) is 38.4 Å². The molecule has 0 amide bonds. The second-order valence-electron chi connectivity index (χ2n) is 6.94. The van der Waals surface area contributed by atoms with Gasteiger partial charge in [-0.2, -0.15) is 0 Å². The Kier molecular flexibility index (Phi) is 4.10. The molecule has 5 aromatic rings. The van der Waals surface area contributed by atoms with Crippen LogP contribution < -0.4 is 5.44 Å². The number of pyridine rings is 1. The highest BCUT2D eigenvalue weighted by molar-refractivity contribution is 7.60. The van der Waals surface area contributed by atoms with Gasteiger partial charge in [0.25, 0.3) is 0 Å². The van der Waals surface area contributed by atoms with Gasteiger partial charge in [-0.3, -0.25) is 4.57 Å². The van der Waals surface area contributed by atoms with Crippen molar-refractivity contribution in [2.75, 3.05) is 0 Å². The molecule has 29 heavy (non-hydrogen) atoms. The molecule has 5 nitrogen and oxygen atoms in total. The van der Waals surface area contributed by atoms with Crippen molar-refractivity contribution in [1.29, 1.82) is 0 Å². The van der Waals surface area contributed by atoms with Crippen LogP contribution in [0.2, 0.25) is 0 Å². The number of aromatic nitrogens is 2. The van der Waals surface area contributed by atoms with Gasteiger partial charge in [-0.1, -0.05) is 48.5 Å². The van der Waals surface area contributed by atoms with E-state index in [0.29, 0.717) is 5.52 Å². The summed E-state index contributed by atoms with van der Waals surface area (Å²) in [6.07, 6.45) is 3.79. The second-order valence-corrected chi connectivity index (χ2v) is 8.48. The smallest absolute Gasteiger partial charge is 0.367 e. The highest BCUT2D eigenvalue weighted by atomic mass is 31.2. The third-order valence-corrected chi connectivity index (χ3v) is 5.93. The second kappa shape index (κ2) is 6.68. The molecule has 0 aliphatic rings. The summed E-state index contributed by atoms with van der Waals surface area (Å²) < 4.78 is 11.8. The molecule has 3 N–H and O–H groups in total. The van der Waals surface area contributed by atoms with Crippen molar-refractivity contribution < 1.29 is 14.4 Å². The lowest BCUT2D eigenvalue weighted by molar-refractivity contribution is 0.386. The first kappa shape index (κ1) is 17.8. The van der Waals surface area contributed by atoms with Gasteiger partial charge >= 0.3 is 7.60 Å². The normalized spacial score (nSPS) is 11.9. The van der Waals surface area contributed by atoms with Gasteiger partial charge in [-0.05, 0) is 51.7 Å². The van der Waals surface area contributed by atoms with E-state index >= 15 is 0 Å². The lowest BCUT2D eigenvalue weighted by atomic mass is 9.93. The van der Waals surface area contributed by atoms with E-state index in [-0.39, 0.29) is 5.44 Å². The molecule has 0 aliphatic carbocycles. The van der Waals surface area contributed by atoms with Crippen LogP contribution in [0.1, 0.15) is 0 Å². The van der Waals surface area contributed by atoms with Gasteiger partial charge in [0, 0.05) is 23.3 Å². The first-order chi connectivity index (χ1) is 14.0. The molecule has 6 heteroatoms. The Labute approximate surface area is 166 Å². The predicted molar refractivity (Wildman–Crippen MR) is 116 cm³/mol. The van der Waals surface area contributed by atoms with Crippen molar-refractivity contribution in [1.82, 2.24) is 9.97 Å². The highest BCUT2D eigenvalue weighted by Gasteiger charge is 2.21. The summed E-state index contributed by atoms with van der Waals surface area (Å²) in [5.41, 5.74) is 4.20. The van der Waals surface area contributed by atoms with Gasteiger partial charge in [-0.15, -0.1) is 0 Å². The zero-order valence-corrected chi connectivity index (χ0v) is 16.2. The van der Waals surface area contributed by atoms with Crippen LogP contribution in [0.25, 0.3) is 43.9 Å². The molecular formula is C23H17N2O3P. The standard InChI is InChI=1S/C23H17N2O3P/c26-29(27,28)22-9-8-16-12-18(17-10-11-24-14-17)13-21(23(16)25-22)20-7-3-5-15-4-1-2-6-19(15)20/h1-14,24H,(H2,26,27,28). The molecule has 0 saturated carbocycles. The molecule has 0 radical (unpaired) electrons. The van der Waals surface area contributed by atoms with Crippen LogP contribution in [0.15, 0.2) is 85.2 Å². The van der Waals surface area contributed by atoms with Crippen LogP contribution in [0, 0.1) is 0 Å². The highest BCUT2D eigenvalue weighted by Crippen LogP contribution is 2.38. The van der Waals surface area contributed by atoms with Crippen LogP contribution in [0.5, 0.6) is 0 Å². The van der Waals surface area contributed by atoms with Crippen molar-refractivity contribution >= 4 is 34.7 Å². The number of nitrogens with zero attached hydrogens (tertiary/aromatic N) is 1. The minimum Gasteiger partial charge on any atom is -0.367 e. The molecule has 0 saturated heterocycles. The van der Waals surface area contributed by atoms with E-state index in [1.54, 1.807) is 6.07 Å². The molecule has 0 spiro atoms. The van der Waals surface area contributed by atoms with Gasteiger partial charge in [0.1, 0.15) is 0 Å². The molecule has 0 aliphatic heterocycles. The molecule has 0 atom stereocenters. The average molecular weight is 400 g/mol. The molecule has 2 heterocycles. The van der Waals surface area contributed by atoms with Crippen LogP contribution in [-0.2, 0) is 4.57 Å². The van der Waals surface area contributed by atoms with Gasteiger partial charge in [0.05, 0.1) is 5.52 Å². The molecule has 0 fully saturated rings. The van der Waals surface area contributed by atoms with E-state index in [2.05, 4.69) is 9.97 Å². The molecule has 0 bridgehead atoms. The third kappa shape index (κ3) is 3.15. The van der Waals surface area contributed by atoms with Crippen LogP contribution in [0.4, 0.5) is 0 Å². The summed E-state index contributed by atoms with van der Waals surface area (Å²) in [7, 11) is -4.46. The number of benzene rings is 3. The first-order valence-corrected chi connectivity index (χ1v) is 10.7. The predicted octanol–water partition coefficient (Wildman–Crippen LogP) is 4.85. The minimum absolute atomic E-state index is 0.221. The summed E-state index contributed by atoms with van der Waals surface area (Å²) in [4.78, 5) is 26.7. The van der Waals surface area contributed by atoms with E-state index < -0.39 is 7.60 Å². The lowest BCUT2D eigenvalue weighted by Gasteiger charge is -2.13. The maximum atomic E-state index is 11.8. The number of rotatable bonds is 3. The summed E-state index contributed by atoms with van der Waals surface area (Å²) in [6, 6.07) is 23.3. The summed E-state index contributed by atoms with van der Waals surface area (Å²) in [5.74, 6) is 0. The summed E-state index contributed by atoms with van der Waals surface area (Å²) >= 11 is 0. The Morgan fingerprint density at radius 2 is 1.62 bits per heavy atom. The van der Waals surface area contributed by atoms with Crippen molar-refractivity contribution in [2.24, 2.45) is 0 Å². The lowest BCUT2D eigenvalue weighted by Crippen LogP contribution is -2.09. The fourth-order valence-corrected chi connectivity index (χ4v) is 4.22. The average Bonchev–Trinajstić information content (AvgIpc) is 3.26. The molecule has 0 unspecified atom stereocenters. The number of nitrogens with one attached hydrogen (secondary N) is 1. The van der Waals surface area contributed by atoms with Crippen molar-refractivity contribution in [3.05, 3.63) is 85.2 Å². The number of hydrogen-bond acceptors (Lipinski definition) is 2. The Morgan fingerprint density at radius 3 is 2.41 bits per heavy atom. The monoisotopic (exact) mass is 400 g/mol. The van der Waals surface area contributed by atoms with Gasteiger partial charge in [0.2, 0.25) is 0 Å². The maximum absolute atomic E-state index is 11.8. The third-order valence-electron chi connectivity index (χ3n) is 5.09. The van der Waals surface area contributed by atoms with Crippen LogP contribution >= 0.6 is 7.60 Å². The largest absolute Gasteiger partial charge is 0.374 e. The van der Waals surface area contributed by atoms with Gasteiger partial charge in [0.15, 0.2) is 5.44 Å². The Morgan fingerprint density at radius 1 is 0.793 bits per heavy atom. The molecular weight excluding hydrogens is 383 g/mol. The molecule has 3 aromatic carbocycles. The molecule has 142 valence electrons. The van der Waals surface area contributed by atoms with Crippen molar-refractivity contribution in [3.63, 3.8) is 0 Å².